The standard InChI is InChI=1S/C10H19NOS/c1-3-11(2)7-6-9-12-8-4-5-10-13/h13H,3-4,6-9H2,1-2H3. The zero-order valence-electron chi connectivity index (χ0n) is 8.55. The Bertz CT molecular complexity index is 162. The first-order valence-electron chi connectivity index (χ1n) is 4.69. The maximum atomic E-state index is 5.37. The number of thiol groups is 1. The van der Waals surface area contributed by atoms with Crippen molar-refractivity contribution in [1.82, 2.24) is 4.90 Å². The van der Waals surface area contributed by atoms with Gasteiger partial charge in [-0.25, -0.2) is 0 Å². The molecule has 0 amide bonds. The van der Waals surface area contributed by atoms with Gasteiger partial charge in [0.15, 0.2) is 0 Å². The molecule has 0 saturated carbocycles. The van der Waals surface area contributed by atoms with Gasteiger partial charge in [-0.1, -0.05) is 25.5 Å². The van der Waals surface area contributed by atoms with Crippen molar-refractivity contribution in [1.29, 1.82) is 0 Å². The fourth-order valence-electron chi connectivity index (χ4n) is 0.876. The summed E-state index contributed by atoms with van der Waals surface area (Å²) < 4.78 is 5.37. The smallest absolute Gasteiger partial charge is 0.0575 e. The summed E-state index contributed by atoms with van der Waals surface area (Å²) in [4.78, 5) is 2.27. The first-order valence-corrected chi connectivity index (χ1v) is 5.14. The van der Waals surface area contributed by atoms with Gasteiger partial charge in [0.1, 0.15) is 0 Å². The molecule has 0 bridgehead atoms. The van der Waals surface area contributed by atoms with Crippen LogP contribution in [0.5, 0.6) is 0 Å². The number of hydrogen-bond acceptors (Lipinski definition) is 3. The lowest BCUT2D eigenvalue weighted by molar-refractivity contribution is 0.129. The lowest BCUT2D eigenvalue weighted by Gasteiger charge is -2.12. The molecule has 0 spiro atoms. The lowest BCUT2D eigenvalue weighted by atomic mass is 10.4. The van der Waals surface area contributed by atoms with Crippen LogP contribution in [0, 0.1) is 11.2 Å². The van der Waals surface area contributed by atoms with E-state index >= 15 is 0 Å². The Kier molecular flexibility index (Phi) is 9.78. The monoisotopic (exact) mass is 201 g/mol. The Balaban J connectivity index is 3.02. The van der Waals surface area contributed by atoms with Gasteiger partial charge >= 0.3 is 0 Å². The molecule has 0 aromatic carbocycles. The summed E-state index contributed by atoms with van der Waals surface area (Å²) in [6.07, 6.45) is 1.88. The topological polar surface area (TPSA) is 12.5 Å². The van der Waals surface area contributed by atoms with E-state index in [0.29, 0.717) is 0 Å². The normalized spacial score (nSPS) is 9.85. The highest BCUT2D eigenvalue weighted by atomic mass is 32.1. The van der Waals surface area contributed by atoms with Crippen LogP contribution in [0.25, 0.3) is 0 Å². The summed E-state index contributed by atoms with van der Waals surface area (Å²) in [5.41, 5.74) is 0. The summed E-state index contributed by atoms with van der Waals surface area (Å²) in [7, 11) is 2.12. The first kappa shape index (κ1) is 12.8. The van der Waals surface area contributed by atoms with Crippen molar-refractivity contribution in [3.63, 3.8) is 0 Å². The third-order valence-electron chi connectivity index (χ3n) is 1.82. The van der Waals surface area contributed by atoms with Crippen LogP contribution < -0.4 is 0 Å². The minimum absolute atomic E-state index is 0.726. The van der Waals surface area contributed by atoms with E-state index in [9.17, 15) is 0 Å². The number of hydrogen-bond donors (Lipinski definition) is 1. The second-order valence-corrected chi connectivity index (χ2v) is 3.12. The highest BCUT2D eigenvalue weighted by Crippen LogP contribution is 1.89. The maximum Gasteiger partial charge on any atom is 0.0575 e. The van der Waals surface area contributed by atoms with Crippen LogP contribution in [-0.2, 0) is 4.74 Å². The third-order valence-corrected chi connectivity index (χ3v) is 1.98. The van der Waals surface area contributed by atoms with Crippen LogP contribution in [-0.4, -0.2) is 38.3 Å². The summed E-state index contributed by atoms with van der Waals surface area (Å²) in [5.74, 6) is 2.84. The van der Waals surface area contributed by atoms with Gasteiger partial charge in [-0.2, -0.15) is 0 Å². The van der Waals surface area contributed by atoms with Crippen LogP contribution in [0.15, 0.2) is 0 Å². The first-order chi connectivity index (χ1) is 6.31. The van der Waals surface area contributed by atoms with Crippen molar-refractivity contribution in [2.45, 2.75) is 19.8 Å². The molecule has 3 heteroatoms. The van der Waals surface area contributed by atoms with Gasteiger partial charge in [0, 0.05) is 19.6 Å². The number of nitrogens with zero attached hydrogens (tertiary/aromatic N) is 1. The van der Waals surface area contributed by atoms with Gasteiger partial charge in [-0.3, -0.25) is 0 Å². The fraction of sp³-hybridized carbons (Fsp3) is 0.800. The predicted molar refractivity (Wildman–Crippen MR) is 60.0 cm³/mol. The molecule has 0 atom stereocenters. The molecule has 13 heavy (non-hydrogen) atoms. The van der Waals surface area contributed by atoms with Crippen molar-refractivity contribution in [2.24, 2.45) is 0 Å². The fourth-order valence-corrected chi connectivity index (χ4v) is 0.988. The molecule has 0 aromatic heterocycles. The summed E-state index contributed by atoms with van der Waals surface area (Å²) >= 11 is 3.78. The summed E-state index contributed by atoms with van der Waals surface area (Å²) in [6.45, 7) is 5.92. The molecule has 0 N–H and O–H groups in total. The molecule has 0 aliphatic carbocycles. The van der Waals surface area contributed by atoms with Crippen LogP contribution >= 0.6 is 12.6 Å². The van der Waals surface area contributed by atoms with Gasteiger partial charge in [0.2, 0.25) is 0 Å². The molecule has 0 unspecified atom stereocenters. The summed E-state index contributed by atoms with van der Waals surface area (Å²) in [6, 6.07) is 0. The molecule has 0 saturated heterocycles. The molecular weight excluding hydrogens is 182 g/mol. The third kappa shape index (κ3) is 9.75. The minimum Gasteiger partial charge on any atom is -0.380 e. The van der Waals surface area contributed by atoms with E-state index in [2.05, 4.69) is 42.7 Å². The van der Waals surface area contributed by atoms with Gasteiger partial charge in [0.25, 0.3) is 0 Å². The molecule has 0 rings (SSSR count). The number of rotatable bonds is 7. The summed E-state index contributed by atoms with van der Waals surface area (Å²) in [5, 5.41) is 2.54. The highest BCUT2D eigenvalue weighted by Gasteiger charge is 1.93. The molecule has 0 aliphatic rings. The Morgan fingerprint density at radius 2 is 2.15 bits per heavy atom. The quantitative estimate of drug-likeness (QED) is 0.382. The average Bonchev–Trinajstić information content (AvgIpc) is 2.16. The second-order valence-electron chi connectivity index (χ2n) is 2.90. The molecule has 2 nitrogen and oxygen atoms in total. The molecular formula is C10H19NOS. The average molecular weight is 201 g/mol. The van der Waals surface area contributed by atoms with Crippen molar-refractivity contribution in [3.05, 3.63) is 0 Å². The minimum atomic E-state index is 0.726. The maximum absolute atomic E-state index is 5.37. The SMILES string of the molecule is CCN(C)CCCOCCC#CS. The Morgan fingerprint density at radius 3 is 2.77 bits per heavy atom. The van der Waals surface area contributed by atoms with Crippen LogP contribution in [0.3, 0.4) is 0 Å². The van der Waals surface area contributed by atoms with E-state index in [1.807, 2.05) is 0 Å². The van der Waals surface area contributed by atoms with Crippen molar-refractivity contribution in [2.75, 3.05) is 33.4 Å². The van der Waals surface area contributed by atoms with E-state index in [1.165, 1.54) is 0 Å². The highest BCUT2D eigenvalue weighted by molar-refractivity contribution is 7.85. The second kappa shape index (κ2) is 9.91. The van der Waals surface area contributed by atoms with E-state index in [4.69, 9.17) is 4.74 Å². The Morgan fingerprint density at radius 1 is 1.38 bits per heavy atom. The zero-order valence-corrected chi connectivity index (χ0v) is 9.44. The van der Waals surface area contributed by atoms with E-state index in [0.717, 1.165) is 39.1 Å². The van der Waals surface area contributed by atoms with Crippen molar-refractivity contribution in [3.8, 4) is 11.2 Å². The van der Waals surface area contributed by atoms with Gasteiger partial charge < -0.3 is 9.64 Å². The molecule has 0 aromatic rings. The van der Waals surface area contributed by atoms with Gasteiger partial charge in [-0.15, -0.1) is 0 Å². The molecule has 0 radical (unpaired) electrons. The Hall–Kier alpha value is -0.170. The van der Waals surface area contributed by atoms with Crippen LogP contribution in [0.2, 0.25) is 0 Å². The van der Waals surface area contributed by atoms with Crippen LogP contribution in [0.1, 0.15) is 19.8 Å². The molecule has 0 heterocycles. The lowest BCUT2D eigenvalue weighted by Crippen LogP contribution is -2.20. The molecule has 0 fully saturated rings. The van der Waals surface area contributed by atoms with Gasteiger partial charge in [-0.05, 0) is 25.3 Å². The van der Waals surface area contributed by atoms with Gasteiger partial charge in [0.05, 0.1) is 6.61 Å². The largest absolute Gasteiger partial charge is 0.380 e. The molecule has 0 aliphatic heterocycles. The van der Waals surface area contributed by atoms with E-state index in [1.54, 1.807) is 0 Å². The van der Waals surface area contributed by atoms with Crippen molar-refractivity contribution < 1.29 is 4.74 Å². The Labute approximate surface area is 87.1 Å². The number of ether oxygens (including phenoxy) is 1. The van der Waals surface area contributed by atoms with E-state index in [-0.39, 0.29) is 0 Å². The zero-order chi connectivity index (χ0) is 9.94. The molecule has 76 valence electrons. The van der Waals surface area contributed by atoms with E-state index < -0.39 is 0 Å². The predicted octanol–water partition coefficient (Wildman–Crippen LogP) is 1.63. The van der Waals surface area contributed by atoms with Crippen molar-refractivity contribution >= 4 is 12.6 Å². The van der Waals surface area contributed by atoms with Crippen LogP contribution in [0.4, 0.5) is 0 Å².